The molecule has 1 saturated heterocycles. The summed E-state index contributed by atoms with van der Waals surface area (Å²) < 4.78 is 17.8. The molecular formula is C7H14FNO. The monoisotopic (exact) mass is 147 g/mol. The topological polar surface area (TPSA) is 21.3 Å². The minimum Gasteiger partial charge on any atom is -0.375 e. The third-order valence-corrected chi connectivity index (χ3v) is 1.55. The van der Waals surface area contributed by atoms with Crippen LogP contribution in [0, 0.1) is 0 Å². The molecule has 0 aromatic rings. The molecule has 60 valence electrons. The van der Waals surface area contributed by atoms with E-state index in [1.807, 2.05) is 13.8 Å². The summed E-state index contributed by atoms with van der Waals surface area (Å²) in [6, 6.07) is 0.355. The molecule has 0 atom stereocenters. The van der Waals surface area contributed by atoms with E-state index in [1.54, 1.807) is 0 Å². The molecule has 1 aliphatic heterocycles. The second-order valence-electron chi connectivity index (χ2n) is 3.18. The summed E-state index contributed by atoms with van der Waals surface area (Å²) in [6.45, 7) is 4.94. The maximum absolute atomic E-state index is 13.1. The van der Waals surface area contributed by atoms with Gasteiger partial charge in [0.05, 0.1) is 13.2 Å². The molecule has 1 fully saturated rings. The van der Waals surface area contributed by atoms with Crippen LogP contribution in [0.2, 0.25) is 0 Å². The molecule has 1 heterocycles. The maximum Gasteiger partial charge on any atom is 0.169 e. The molecule has 0 spiro atoms. The lowest BCUT2D eigenvalue weighted by atomic mass is 10.1. The van der Waals surface area contributed by atoms with Gasteiger partial charge in [0.15, 0.2) is 5.67 Å². The molecular weight excluding hydrogens is 133 g/mol. The molecule has 0 bridgehead atoms. The number of hydrogen-bond acceptors (Lipinski definition) is 2. The Morgan fingerprint density at radius 3 is 2.50 bits per heavy atom. The summed E-state index contributed by atoms with van der Waals surface area (Å²) in [7, 11) is 0. The van der Waals surface area contributed by atoms with Crippen LogP contribution >= 0.6 is 0 Å². The number of halogens is 1. The van der Waals surface area contributed by atoms with E-state index in [4.69, 9.17) is 4.74 Å². The first kappa shape index (κ1) is 7.95. The van der Waals surface area contributed by atoms with Gasteiger partial charge in [0.2, 0.25) is 0 Å². The van der Waals surface area contributed by atoms with Crippen LogP contribution in [0.1, 0.15) is 13.8 Å². The SMILES string of the molecule is CC(C)NCC1(F)COC1. The highest BCUT2D eigenvalue weighted by Crippen LogP contribution is 2.20. The quantitative estimate of drug-likeness (QED) is 0.635. The van der Waals surface area contributed by atoms with E-state index in [9.17, 15) is 4.39 Å². The van der Waals surface area contributed by atoms with Gasteiger partial charge in [-0.3, -0.25) is 0 Å². The Bertz CT molecular complexity index is 112. The van der Waals surface area contributed by atoms with Gasteiger partial charge in [-0.25, -0.2) is 4.39 Å². The second kappa shape index (κ2) is 2.84. The van der Waals surface area contributed by atoms with Crippen molar-refractivity contribution in [2.75, 3.05) is 19.8 Å². The Morgan fingerprint density at radius 2 is 2.20 bits per heavy atom. The molecule has 1 rings (SSSR count). The fourth-order valence-electron chi connectivity index (χ4n) is 0.813. The van der Waals surface area contributed by atoms with E-state index in [1.165, 1.54) is 0 Å². The standard InChI is InChI=1S/C7H14FNO/c1-6(2)9-3-7(8)4-10-5-7/h6,9H,3-5H2,1-2H3. The number of nitrogens with one attached hydrogen (secondary N) is 1. The third kappa shape index (κ3) is 1.92. The van der Waals surface area contributed by atoms with Gasteiger partial charge in [0.1, 0.15) is 0 Å². The summed E-state index contributed by atoms with van der Waals surface area (Å²) in [5.74, 6) is 0. The van der Waals surface area contributed by atoms with Crippen molar-refractivity contribution in [1.29, 1.82) is 0 Å². The van der Waals surface area contributed by atoms with Crippen LogP contribution in [0.15, 0.2) is 0 Å². The first-order chi connectivity index (χ1) is 4.62. The minimum absolute atomic E-state index is 0.257. The molecule has 10 heavy (non-hydrogen) atoms. The van der Waals surface area contributed by atoms with E-state index in [2.05, 4.69) is 5.32 Å². The van der Waals surface area contributed by atoms with E-state index >= 15 is 0 Å². The smallest absolute Gasteiger partial charge is 0.169 e. The number of hydrogen-bond donors (Lipinski definition) is 1. The number of ether oxygens (including phenoxy) is 1. The maximum atomic E-state index is 13.1. The van der Waals surface area contributed by atoms with Crippen molar-refractivity contribution in [2.45, 2.75) is 25.6 Å². The molecule has 2 nitrogen and oxygen atoms in total. The molecule has 0 aromatic carbocycles. The van der Waals surface area contributed by atoms with Crippen LogP contribution in [0.25, 0.3) is 0 Å². The molecule has 1 N–H and O–H groups in total. The average molecular weight is 147 g/mol. The van der Waals surface area contributed by atoms with Gasteiger partial charge in [-0.15, -0.1) is 0 Å². The lowest BCUT2D eigenvalue weighted by molar-refractivity contribution is -0.127. The van der Waals surface area contributed by atoms with Gasteiger partial charge >= 0.3 is 0 Å². The Morgan fingerprint density at radius 1 is 1.60 bits per heavy atom. The van der Waals surface area contributed by atoms with Crippen molar-refractivity contribution < 1.29 is 9.13 Å². The van der Waals surface area contributed by atoms with E-state index in [-0.39, 0.29) is 13.2 Å². The summed E-state index contributed by atoms with van der Waals surface area (Å²) >= 11 is 0. The highest BCUT2D eigenvalue weighted by molar-refractivity contribution is 4.88. The predicted octanol–water partition coefficient (Wildman–Crippen LogP) is 0.723. The van der Waals surface area contributed by atoms with Crippen molar-refractivity contribution >= 4 is 0 Å². The van der Waals surface area contributed by atoms with Crippen molar-refractivity contribution in [3.63, 3.8) is 0 Å². The molecule has 0 saturated carbocycles. The Kier molecular flexibility index (Phi) is 2.26. The lowest BCUT2D eigenvalue weighted by Gasteiger charge is -2.34. The summed E-state index contributed by atoms with van der Waals surface area (Å²) in [6.07, 6.45) is 0. The van der Waals surface area contributed by atoms with Gasteiger partial charge in [-0.1, -0.05) is 13.8 Å². The normalized spacial score (nSPS) is 22.8. The van der Waals surface area contributed by atoms with Crippen LogP contribution < -0.4 is 5.32 Å². The highest BCUT2D eigenvalue weighted by Gasteiger charge is 2.38. The van der Waals surface area contributed by atoms with Crippen molar-refractivity contribution in [3.8, 4) is 0 Å². The number of rotatable bonds is 3. The number of alkyl halides is 1. The van der Waals surface area contributed by atoms with E-state index in [0.29, 0.717) is 12.6 Å². The van der Waals surface area contributed by atoms with Crippen LogP contribution in [0.4, 0.5) is 4.39 Å². The average Bonchev–Trinajstić information content (AvgIpc) is 1.79. The fourth-order valence-corrected chi connectivity index (χ4v) is 0.813. The van der Waals surface area contributed by atoms with Crippen molar-refractivity contribution in [2.24, 2.45) is 0 Å². The zero-order chi connectivity index (χ0) is 7.61. The minimum atomic E-state index is -1.08. The summed E-state index contributed by atoms with van der Waals surface area (Å²) in [4.78, 5) is 0. The van der Waals surface area contributed by atoms with Crippen LogP contribution in [-0.4, -0.2) is 31.5 Å². The highest BCUT2D eigenvalue weighted by atomic mass is 19.1. The van der Waals surface area contributed by atoms with Gasteiger partial charge in [0, 0.05) is 12.6 Å². The van der Waals surface area contributed by atoms with Crippen molar-refractivity contribution in [3.05, 3.63) is 0 Å². The van der Waals surface area contributed by atoms with Gasteiger partial charge < -0.3 is 10.1 Å². The van der Waals surface area contributed by atoms with E-state index < -0.39 is 5.67 Å². The first-order valence-electron chi connectivity index (χ1n) is 3.62. The molecule has 0 unspecified atom stereocenters. The Balaban J connectivity index is 2.12. The summed E-state index contributed by atoms with van der Waals surface area (Å²) in [5.41, 5.74) is -1.08. The predicted molar refractivity (Wildman–Crippen MR) is 37.8 cm³/mol. The largest absolute Gasteiger partial charge is 0.375 e. The first-order valence-corrected chi connectivity index (χ1v) is 3.62. The summed E-state index contributed by atoms with van der Waals surface area (Å²) in [5, 5.41) is 3.03. The van der Waals surface area contributed by atoms with Gasteiger partial charge in [-0.05, 0) is 0 Å². The lowest BCUT2D eigenvalue weighted by Crippen LogP contribution is -2.53. The van der Waals surface area contributed by atoms with E-state index in [0.717, 1.165) is 0 Å². The molecule has 0 amide bonds. The van der Waals surface area contributed by atoms with Gasteiger partial charge in [-0.2, -0.15) is 0 Å². The Hall–Kier alpha value is -0.150. The third-order valence-electron chi connectivity index (χ3n) is 1.55. The molecule has 0 aliphatic carbocycles. The van der Waals surface area contributed by atoms with Crippen LogP contribution in [0.3, 0.4) is 0 Å². The molecule has 1 aliphatic rings. The fraction of sp³-hybridized carbons (Fsp3) is 1.00. The molecule has 0 radical (unpaired) electrons. The van der Waals surface area contributed by atoms with Gasteiger partial charge in [0.25, 0.3) is 0 Å². The Labute approximate surface area is 60.8 Å². The van der Waals surface area contributed by atoms with Crippen LogP contribution in [0.5, 0.6) is 0 Å². The zero-order valence-corrected chi connectivity index (χ0v) is 6.48. The zero-order valence-electron chi connectivity index (χ0n) is 6.48. The van der Waals surface area contributed by atoms with Crippen LogP contribution in [-0.2, 0) is 4.74 Å². The second-order valence-corrected chi connectivity index (χ2v) is 3.18. The van der Waals surface area contributed by atoms with Crippen molar-refractivity contribution in [1.82, 2.24) is 5.32 Å². The molecule has 3 heteroatoms. The molecule has 0 aromatic heterocycles.